The quantitative estimate of drug-likeness (QED) is 0.512. The minimum atomic E-state index is -0.469. The third-order valence-corrected chi connectivity index (χ3v) is 3.27. The van der Waals surface area contributed by atoms with Crippen molar-refractivity contribution in [2.45, 2.75) is 6.42 Å². The molecule has 0 saturated heterocycles. The highest BCUT2D eigenvalue weighted by atomic mass is 16.6. The topological polar surface area (TPSA) is 109 Å². The molecule has 24 heavy (non-hydrogen) atoms. The summed E-state index contributed by atoms with van der Waals surface area (Å²) in [6.07, 6.45) is 1.57. The van der Waals surface area contributed by atoms with E-state index >= 15 is 0 Å². The van der Waals surface area contributed by atoms with Gasteiger partial charge in [0.2, 0.25) is 5.91 Å². The van der Waals surface area contributed by atoms with Crippen molar-refractivity contribution < 1.29 is 9.72 Å². The number of hydrazone groups is 1. The van der Waals surface area contributed by atoms with Gasteiger partial charge in [0.1, 0.15) is 0 Å². The number of aliphatic imine (C=N–C) groups is 1. The van der Waals surface area contributed by atoms with Gasteiger partial charge in [0.25, 0.3) is 5.69 Å². The second kappa shape index (κ2) is 6.69. The number of benzene rings is 2. The van der Waals surface area contributed by atoms with Crippen molar-refractivity contribution in [2.24, 2.45) is 10.1 Å². The molecule has 1 aliphatic heterocycles. The maximum absolute atomic E-state index is 11.9. The van der Waals surface area contributed by atoms with Gasteiger partial charge in [-0.3, -0.25) is 20.3 Å². The highest BCUT2D eigenvalue weighted by molar-refractivity contribution is 6.36. The van der Waals surface area contributed by atoms with Crippen molar-refractivity contribution in [3.8, 4) is 0 Å². The van der Waals surface area contributed by atoms with E-state index in [4.69, 9.17) is 0 Å². The summed E-state index contributed by atoms with van der Waals surface area (Å²) in [7, 11) is 0. The van der Waals surface area contributed by atoms with Crippen LogP contribution < -0.4 is 10.7 Å². The third-order valence-electron chi connectivity index (χ3n) is 3.27. The first-order chi connectivity index (χ1) is 11.6. The van der Waals surface area contributed by atoms with Crippen LogP contribution in [0.5, 0.6) is 0 Å². The number of para-hydroxylation sites is 2. The summed E-state index contributed by atoms with van der Waals surface area (Å²) in [5.74, 6) is -0.166. The molecule has 8 nitrogen and oxygen atoms in total. The second-order valence-electron chi connectivity index (χ2n) is 5.02. The van der Waals surface area contributed by atoms with E-state index in [0.717, 1.165) is 0 Å². The van der Waals surface area contributed by atoms with Gasteiger partial charge >= 0.3 is 0 Å². The number of amides is 1. The smallest absolute Gasteiger partial charge is 0.269 e. The standard InChI is InChI=1S/C16H13N5O3/c22-16-9-12(18-14-3-1-2-4-15(14)19-16)10-17-20-11-5-7-13(8-6-11)21(23)24/h1-8,10,20H,9H2,(H,19,22)/b17-10+. The number of hydrogen-bond acceptors (Lipinski definition) is 6. The van der Waals surface area contributed by atoms with Crippen LogP contribution in [-0.4, -0.2) is 22.8 Å². The lowest BCUT2D eigenvalue weighted by Crippen LogP contribution is -2.15. The van der Waals surface area contributed by atoms with Crippen molar-refractivity contribution in [1.29, 1.82) is 0 Å². The van der Waals surface area contributed by atoms with Crippen molar-refractivity contribution in [3.63, 3.8) is 0 Å². The zero-order valence-corrected chi connectivity index (χ0v) is 12.5. The third kappa shape index (κ3) is 3.61. The van der Waals surface area contributed by atoms with Crippen LogP contribution in [0.2, 0.25) is 0 Å². The Kier molecular flexibility index (Phi) is 4.28. The van der Waals surface area contributed by atoms with Crippen LogP contribution >= 0.6 is 0 Å². The summed E-state index contributed by atoms with van der Waals surface area (Å²) in [6.45, 7) is 0. The van der Waals surface area contributed by atoms with E-state index < -0.39 is 4.92 Å². The summed E-state index contributed by atoms with van der Waals surface area (Å²) in [5.41, 5.74) is 5.19. The van der Waals surface area contributed by atoms with E-state index in [-0.39, 0.29) is 18.0 Å². The largest absolute Gasteiger partial charge is 0.324 e. The van der Waals surface area contributed by atoms with Gasteiger partial charge in [0, 0.05) is 12.1 Å². The lowest BCUT2D eigenvalue weighted by molar-refractivity contribution is -0.384. The van der Waals surface area contributed by atoms with Gasteiger partial charge in [-0.1, -0.05) is 12.1 Å². The van der Waals surface area contributed by atoms with Crippen molar-refractivity contribution in [2.75, 3.05) is 10.7 Å². The summed E-state index contributed by atoms with van der Waals surface area (Å²) in [4.78, 5) is 26.4. The molecule has 0 saturated carbocycles. The molecular weight excluding hydrogens is 310 g/mol. The predicted octanol–water partition coefficient (Wildman–Crippen LogP) is 3.11. The number of hydrogen-bond donors (Lipinski definition) is 2. The van der Waals surface area contributed by atoms with Gasteiger partial charge in [-0.05, 0) is 24.3 Å². The molecule has 3 rings (SSSR count). The summed E-state index contributed by atoms with van der Waals surface area (Å²) >= 11 is 0. The van der Waals surface area contributed by atoms with E-state index in [1.165, 1.54) is 18.3 Å². The highest BCUT2D eigenvalue weighted by Crippen LogP contribution is 2.26. The molecule has 2 N–H and O–H groups in total. The van der Waals surface area contributed by atoms with Crippen LogP contribution in [0.3, 0.4) is 0 Å². The molecule has 0 bridgehead atoms. The fourth-order valence-corrected chi connectivity index (χ4v) is 2.14. The predicted molar refractivity (Wildman–Crippen MR) is 92.0 cm³/mol. The Labute approximate surface area is 137 Å². The molecule has 0 unspecified atom stereocenters. The van der Waals surface area contributed by atoms with E-state index in [1.54, 1.807) is 24.3 Å². The average Bonchev–Trinajstić information content (AvgIpc) is 2.72. The van der Waals surface area contributed by atoms with E-state index in [1.807, 2.05) is 12.1 Å². The second-order valence-corrected chi connectivity index (χ2v) is 5.02. The average molecular weight is 323 g/mol. The minimum Gasteiger partial charge on any atom is -0.324 e. The Balaban J connectivity index is 1.73. The molecule has 120 valence electrons. The minimum absolute atomic E-state index is 0.00551. The molecule has 1 heterocycles. The van der Waals surface area contributed by atoms with Crippen molar-refractivity contribution in [1.82, 2.24) is 0 Å². The van der Waals surface area contributed by atoms with Crippen LogP contribution in [0.1, 0.15) is 6.42 Å². The molecule has 1 amide bonds. The highest BCUT2D eigenvalue weighted by Gasteiger charge is 2.14. The first-order valence-electron chi connectivity index (χ1n) is 7.12. The fraction of sp³-hybridized carbons (Fsp3) is 0.0625. The molecule has 0 aromatic heterocycles. The van der Waals surface area contributed by atoms with Crippen LogP contribution in [0, 0.1) is 10.1 Å². The molecule has 0 atom stereocenters. The molecular formula is C16H13N5O3. The molecule has 0 aliphatic carbocycles. The van der Waals surface area contributed by atoms with E-state index in [2.05, 4.69) is 20.8 Å². The van der Waals surface area contributed by atoms with Gasteiger partial charge in [0.05, 0.1) is 40.3 Å². The number of fused-ring (bicyclic) bond motifs is 1. The molecule has 2 aromatic rings. The number of non-ortho nitro benzene ring substituents is 1. The van der Waals surface area contributed by atoms with Crippen LogP contribution in [-0.2, 0) is 4.79 Å². The zero-order valence-electron chi connectivity index (χ0n) is 12.5. The SMILES string of the molecule is O=C1CC(/C=N/Nc2ccc([N+](=O)[O-])cc2)=Nc2ccccc2N1. The molecule has 0 radical (unpaired) electrons. The van der Waals surface area contributed by atoms with Crippen LogP contribution in [0.4, 0.5) is 22.7 Å². The molecule has 0 fully saturated rings. The maximum atomic E-state index is 11.9. The van der Waals surface area contributed by atoms with Crippen molar-refractivity contribution >= 4 is 40.6 Å². The van der Waals surface area contributed by atoms with Gasteiger partial charge < -0.3 is 5.32 Å². The Bertz CT molecular complexity index is 843. The molecule has 2 aromatic carbocycles. The first-order valence-corrected chi connectivity index (χ1v) is 7.12. The lowest BCUT2D eigenvalue weighted by atomic mass is 10.3. The van der Waals surface area contributed by atoms with Crippen molar-refractivity contribution in [3.05, 3.63) is 58.6 Å². The number of nitrogens with zero attached hydrogens (tertiary/aromatic N) is 3. The van der Waals surface area contributed by atoms with Crippen LogP contribution in [0.15, 0.2) is 58.6 Å². The number of carbonyl (C=O) groups is 1. The van der Waals surface area contributed by atoms with Gasteiger partial charge in [-0.15, -0.1) is 0 Å². The van der Waals surface area contributed by atoms with E-state index in [9.17, 15) is 14.9 Å². The molecule has 0 spiro atoms. The lowest BCUT2D eigenvalue weighted by Gasteiger charge is -2.02. The Morgan fingerprint density at radius 1 is 1.21 bits per heavy atom. The normalized spacial score (nSPS) is 13.7. The monoisotopic (exact) mass is 323 g/mol. The summed E-state index contributed by atoms with van der Waals surface area (Å²) in [6, 6.07) is 13.1. The number of carbonyl (C=O) groups excluding carboxylic acids is 1. The number of nitrogens with one attached hydrogen (secondary N) is 2. The maximum Gasteiger partial charge on any atom is 0.269 e. The zero-order chi connectivity index (χ0) is 16.9. The number of anilines is 2. The Morgan fingerprint density at radius 3 is 2.71 bits per heavy atom. The first kappa shape index (κ1) is 15.3. The van der Waals surface area contributed by atoms with Gasteiger partial charge in [-0.25, -0.2) is 4.99 Å². The number of rotatable bonds is 4. The number of nitro groups is 1. The summed E-state index contributed by atoms with van der Waals surface area (Å²) in [5, 5.41) is 17.4. The molecule has 8 heteroatoms. The summed E-state index contributed by atoms with van der Waals surface area (Å²) < 4.78 is 0. The van der Waals surface area contributed by atoms with E-state index in [0.29, 0.717) is 22.8 Å². The van der Waals surface area contributed by atoms with Crippen LogP contribution in [0.25, 0.3) is 0 Å². The molecule has 1 aliphatic rings. The number of nitro benzene ring substituents is 1. The Morgan fingerprint density at radius 2 is 1.96 bits per heavy atom. The van der Waals surface area contributed by atoms with Gasteiger partial charge in [0.15, 0.2) is 0 Å². The van der Waals surface area contributed by atoms with Gasteiger partial charge in [-0.2, -0.15) is 5.10 Å². The Hall–Kier alpha value is -3.55. The fourth-order valence-electron chi connectivity index (χ4n) is 2.14.